The minimum Gasteiger partial charge on any atom is -0.508 e. The van der Waals surface area contributed by atoms with Crippen molar-refractivity contribution < 1.29 is 9.84 Å². The van der Waals surface area contributed by atoms with Crippen LogP contribution in [-0.2, 0) is 11.2 Å². The first-order valence-corrected chi connectivity index (χ1v) is 8.27. The van der Waals surface area contributed by atoms with Gasteiger partial charge in [-0.1, -0.05) is 42.5 Å². The molecular formula is C19H21ClO2. The number of hydrogen-bond acceptors (Lipinski definition) is 2. The van der Waals surface area contributed by atoms with E-state index >= 15 is 0 Å². The molecule has 3 atom stereocenters. The molecule has 2 aromatic rings. The first kappa shape index (κ1) is 15.4. The second kappa shape index (κ2) is 7.17. The molecule has 0 radical (unpaired) electrons. The largest absolute Gasteiger partial charge is 0.508 e. The Morgan fingerprint density at radius 1 is 1.05 bits per heavy atom. The Morgan fingerprint density at radius 3 is 2.64 bits per heavy atom. The molecule has 3 rings (SSSR count). The Bertz CT molecular complexity index is 599. The van der Waals surface area contributed by atoms with Gasteiger partial charge < -0.3 is 9.84 Å². The summed E-state index contributed by atoms with van der Waals surface area (Å²) in [6, 6.07) is 17.8. The highest BCUT2D eigenvalue weighted by atomic mass is 35.5. The minimum absolute atomic E-state index is 0.0240. The summed E-state index contributed by atoms with van der Waals surface area (Å²) in [5.41, 5.74) is 2.34. The molecule has 116 valence electrons. The van der Waals surface area contributed by atoms with Crippen LogP contribution < -0.4 is 0 Å². The van der Waals surface area contributed by atoms with E-state index in [9.17, 15) is 5.11 Å². The summed E-state index contributed by atoms with van der Waals surface area (Å²) < 4.78 is 6.22. The molecule has 0 saturated carbocycles. The quantitative estimate of drug-likeness (QED) is 0.817. The van der Waals surface area contributed by atoms with Gasteiger partial charge in [0, 0.05) is 5.38 Å². The summed E-state index contributed by atoms with van der Waals surface area (Å²) in [6.07, 6.45) is 3.81. The number of phenolic OH excluding ortho intramolecular Hbond substituents is 1. The number of hydrogen-bond donors (Lipinski definition) is 1. The van der Waals surface area contributed by atoms with Gasteiger partial charge in [0.15, 0.2) is 0 Å². The molecular weight excluding hydrogens is 296 g/mol. The molecule has 1 heterocycles. The Kier molecular flexibility index (Phi) is 5.01. The van der Waals surface area contributed by atoms with E-state index in [1.807, 2.05) is 18.2 Å². The van der Waals surface area contributed by atoms with Gasteiger partial charge >= 0.3 is 0 Å². The van der Waals surface area contributed by atoms with Crippen LogP contribution in [-0.4, -0.2) is 16.6 Å². The SMILES string of the molecule is Oc1cccc([C@H]2C[C@@H](Cl)C[C@@H](CCc3ccccc3)O2)c1. The summed E-state index contributed by atoms with van der Waals surface area (Å²) >= 11 is 6.44. The van der Waals surface area contributed by atoms with Crippen molar-refractivity contribution in [3.8, 4) is 5.75 Å². The number of alkyl halides is 1. The van der Waals surface area contributed by atoms with Crippen molar-refractivity contribution in [2.24, 2.45) is 0 Å². The molecule has 1 aliphatic heterocycles. The molecule has 1 aliphatic rings. The molecule has 1 fully saturated rings. The van der Waals surface area contributed by atoms with Crippen LogP contribution in [0.1, 0.15) is 36.5 Å². The number of rotatable bonds is 4. The van der Waals surface area contributed by atoms with Crippen LogP contribution in [0.5, 0.6) is 5.75 Å². The van der Waals surface area contributed by atoms with Gasteiger partial charge in [-0.2, -0.15) is 0 Å². The van der Waals surface area contributed by atoms with Gasteiger partial charge in [0.05, 0.1) is 12.2 Å². The lowest BCUT2D eigenvalue weighted by atomic mass is 9.95. The smallest absolute Gasteiger partial charge is 0.115 e. The Hall–Kier alpha value is -1.51. The molecule has 3 heteroatoms. The van der Waals surface area contributed by atoms with Gasteiger partial charge in [0.2, 0.25) is 0 Å². The molecule has 0 aliphatic carbocycles. The number of phenols is 1. The van der Waals surface area contributed by atoms with Gasteiger partial charge in [-0.25, -0.2) is 0 Å². The zero-order chi connectivity index (χ0) is 15.4. The third kappa shape index (κ3) is 4.02. The van der Waals surface area contributed by atoms with Gasteiger partial charge in [-0.3, -0.25) is 0 Å². The Morgan fingerprint density at radius 2 is 1.86 bits per heavy atom. The van der Waals surface area contributed by atoms with E-state index in [1.54, 1.807) is 12.1 Å². The van der Waals surface area contributed by atoms with E-state index in [4.69, 9.17) is 16.3 Å². The van der Waals surface area contributed by atoms with Crippen LogP contribution >= 0.6 is 11.6 Å². The Labute approximate surface area is 136 Å². The first-order valence-electron chi connectivity index (χ1n) is 7.83. The number of benzene rings is 2. The fraction of sp³-hybridized carbons (Fsp3) is 0.368. The van der Waals surface area contributed by atoms with Gasteiger partial charge in [-0.15, -0.1) is 11.6 Å². The standard InChI is InChI=1S/C19H21ClO2/c20-16-12-18(10-9-14-5-2-1-3-6-14)22-19(13-16)15-7-4-8-17(21)11-15/h1-8,11,16,18-19,21H,9-10,12-13H2/t16-,18+,19+/m0/s1. The molecule has 0 aromatic heterocycles. The highest BCUT2D eigenvalue weighted by molar-refractivity contribution is 6.20. The van der Waals surface area contributed by atoms with Crippen molar-refractivity contribution in [1.82, 2.24) is 0 Å². The normalized spacial score (nSPS) is 25.0. The molecule has 22 heavy (non-hydrogen) atoms. The second-order valence-electron chi connectivity index (χ2n) is 5.93. The van der Waals surface area contributed by atoms with E-state index in [2.05, 4.69) is 24.3 Å². The topological polar surface area (TPSA) is 29.5 Å². The van der Waals surface area contributed by atoms with Gasteiger partial charge in [-0.05, 0) is 48.9 Å². The fourth-order valence-electron chi connectivity index (χ4n) is 3.06. The lowest BCUT2D eigenvalue weighted by molar-refractivity contribution is -0.0529. The van der Waals surface area contributed by atoms with Gasteiger partial charge in [0.1, 0.15) is 5.75 Å². The van der Waals surface area contributed by atoms with Gasteiger partial charge in [0.25, 0.3) is 0 Å². The molecule has 2 nitrogen and oxygen atoms in total. The van der Waals surface area contributed by atoms with Crippen LogP contribution in [0, 0.1) is 0 Å². The van der Waals surface area contributed by atoms with E-state index in [0.717, 1.165) is 31.2 Å². The summed E-state index contributed by atoms with van der Waals surface area (Å²) in [5.74, 6) is 0.277. The second-order valence-corrected chi connectivity index (χ2v) is 6.55. The van der Waals surface area contributed by atoms with Crippen molar-refractivity contribution in [2.75, 3.05) is 0 Å². The molecule has 0 amide bonds. The van der Waals surface area contributed by atoms with E-state index in [0.29, 0.717) is 0 Å². The van der Waals surface area contributed by atoms with E-state index in [1.165, 1.54) is 5.56 Å². The molecule has 0 bridgehead atoms. The fourth-order valence-corrected chi connectivity index (χ4v) is 3.42. The Balaban J connectivity index is 1.63. The van der Waals surface area contributed by atoms with Crippen LogP contribution in [0.4, 0.5) is 0 Å². The highest BCUT2D eigenvalue weighted by Crippen LogP contribution is 2.36. The van der Waals surface area contributed by atoms with Crippen molar-refractivity contribution in [3.05, 3.63) is 65.7 Å². The molecule has 0 spiro atoms. The summed E-state index contributed by atoms with van der Waals surface area (Å²) in [7, 11) is 0. The lowest BCUT2D eigenvalue weighted by Gasteiger charge is -2.33. The predicted octanol–water partition coefficient (Wildman–Crippen LogP) is 4.85. The predicted molar refractivity (Wildman–Crippen MR) is 89.4 cm³/mol. The van der Waals surface area contributed by atoms with Crippen LogP contribution in [0.3, 0.4) is 0 Å². The third-order valence-electron chi connectivity index (χ3n) is 4.19. The maximum atomic E-state index is 9.64. The molecule has 1 N–H and O–H groups in total. The maximum Gasteiger partial charge on any atom is 0.115 e. The maximum absolute atomic E-state index is 9.64. The molecule has 1 saturated heterocycles. The molecule has 0 unspecified atom stereocenters. The molecule has 2 aromatic carbocycles. The number of aromatic hydroxyl groups is 1. The number of ether oxygens (including phenoxy) is 1. The highest BCUT2D eigenvalue weighted by Gasteiger charge is 2.29. The average molecular weight is 317 g/mol. The zero-order valence-electron chi connectivity index (χ0n) is 12.5. The monoisotopic (exact) mass is 316 g/mol. The van der Waals surface area contributed by atoms with E-state index in [-0.39, 0.29) is 23.3 Å². The zero-order valence-corrected chi connectivity index (χ0v) is 13.2. The number of halogens is 1. The van der Waals surface area contributed by atoms with Crippen LogP contribution in [0.2, 0.25) is 0 Å². The summed E-state index contributed by atoms with van der Waals surface area (Å²) in [6.45, 7) is 0. The van der Waals surface area contributed by atoms with Crippen molar-refractivity contribution in [1.29, 1.82) is 0 Å². The summed E-state index contributed by atoms with van der Waals surface area (Å²) in [4.78, 5) is 0. The number of aryl methyl sites for hydroxylation is 1. The van der Waals surface area contributed by atoms with Crippen molar-refractivity contribution in [3.63, 3.8) is 0 Å². The van der Waals surface area contributed by atoms with Crippen molar-refractivity contribution >= 4 is 11.6 Å². The van der Waals surface area contributed by atoms with Crippen LogP contribution in [0.15, 0.2) is 54.6 Å². The average Bonchev–Trinajstić information content (AvgIpc) is 2.53. The first-order chi connectivity index (χ1) is 10.7. The summed E-state index contributed by atoms with van der Waals surface area (Å²) in [5, 5.41) is 9.77. The van der Waals surface area contributed by atoms with Crippen LogP contribution in [0.25, 0.3) is 0 Å². The lowest BCUT2D eigenvalue weighted by Crippen LogP contribution is -2.29. The van der Waals surface area contributed by atoms with Crippen molar-refractivity contribution in [2.45, 2.75) is 43.3 Å². The minimum atomic E-state index is -0.0240. The third-order valence-corrected chi connectivity index (χ3v) is 4.54. The van der Waals surface area contributed by atoms with E-state index < -0.39 is 0 Å².